The Morgan fingerprint density at radius 3 is 2.62 bits per heavy atom. The average molecular weight is 410 g/mol. The molecule has 0 aromatic rings. The van der Waals surface area contributed by atoms with Crippen LogP contribution in [0.3, 0.4) is 0 Å². The smallest absolute Gasteiger partial charge is 0.245 e. The molecule has 1 spiro atoms. The van der Waals surface area contributed by atoms with Crippen LogP contribution in [-0.2, 0) is 19.1 Å². The highest BCUT2D eigenvalue weighted by atomic mass is 16.5. The lowest BCUT2D eigenvalue weighted by molar-refractivity contribution is -0.146. The first-order valence-corrected chi connectivity index (χ1v) is 10.9. The molecule has 6 atom stereocenters. The van der Waals surface area contributed by atoms with Crippen molar-refractivity contribution >= 4 is 17.7 Å². The molecule has 3 aliphatic heterocycles. The first-order chi connectivity index (χ1) is 13.8. The summed E-state index contributed by atoms with van der Waals surface area (Å²) in [4.78, 5) is 41.0. The number of hydrogen-bond acceptors (Lipinski definition) is 5. The third-order valence-electron chi connectivity index (χ3n) is 6.93. The first-order valence-electron chi connectivity index (χ1n) is 10.9. The maximum Gasteiger partial charge on any atom is 0.245 e. The van der Waals surface area contributed by atoms with Gasteiger partial charge in [-0.05, 0) is 25.2 Å². The highest BCUT2D eigenvalue weighted by Crippen LogP contribution is 2.58. The number of rotatable bonds is 9. The number of nitrogens with one attached hydrogen (secondary N) is 2. The van der Waals surface area contributed by atoms with Gasteiger partial charge in [-0.3, -0.25) is 14.4 Å². The molecule has 29 heavy (non-hydrogen) atoms. The lowest BCUT2D eigenvalue weighted by Crippen LogP contribution is -2.59. The van der Waals surface area contributed by atoms with Gasteiger partial charge in [0.2, 0.25) is 17.7 Å². The van der Waals surface area contributed by atoms with Crippen molar-refractivity contribution in [3.8, 4) is 0 Å². The van der Waals surface area contributed by atoms with Crippen LogP contribution in [0.15, 0.2) is 0 Å². The molecule has 0 aromatic heterocycles. The van der Waals surface area contributed by atoms with Crippen molar-refractivity contribution in [3.05, 3.63) is 0 Å². The minimum absolute atomic E-state index is 0.0368. The summed E-state index contributed by atoms with van der Waals surface area (Å²) in [6.45, 7) is 6.25. The van der Waals surface area contributed by atoms with Gasteiger partial charge >= 0.3 is 0 Å². The second-order valence-corrected chi connectivity index (χ2v) is 8.91. The van der Waals surface area contributed by atoms with Crippen molar-refractivity contribution in [1.82, 2.24) is 15.5 Å². The van der Waals surface area contributed by atoms with Crippen molar-refractivity contribution in [2.24, 2.45) is 17.8 Å². The highest BCUT2D eigenvalue weighted by molar-refractivity contribution is 5.99. The van der Waals surface area contributed by atoms with E-state index in [1.165, 1.54) is 4.90 Å². The fourth-order valence-corrected chi connectivity index (χ4v) is 5.52. The van der Waals surface area contributed by atoms with E-state index >= 15 is 0 Å². The van der Waals surface area contributed by atoms with E-state index in [0.29, 0.717) is 19.4 Å². The number of aliphatic hydroxyl groups is 1. The van der Waals surface area contributed by atoms with Gasteiger partial charge < -0.3 is 25.4 Å². The lowest BCUT2D eigenvalue weighted by atomic mass is 9.70. The van der Waals surface area contributed by atoms with Crippen LogP contribution in [0.25, 0.3) is 0 Å². The van der Waals surface area contributed by atoms with Gasteiger partial charge in [0.15, 0.2) is 0 Å². The maximum absolute atomic E-state index is 13.6. The number of carbonyl (C=O) groups is 3. The Kier molecular flexibility index (Phi) is 6.53. The number of unbranched alkanes of at least 4 members (excludes halogenated alkanes) is 2. The van der Waals surface area contributed by atoms with Gasteiger partial charge in [-0.25, -0.2) is 0 Å². The van der Waals surface area contributed by atoms with Crippen molar-refractivity contribution in [2.45, 2.75) is 76.7 Å². The number of amides is 3. The molecular formula is C21H35N3O5. The van der Waals surface area contributed by atoms with E-state index in [1.54, 1.807) is 7.05 Å². The molecule has 3 rings (SSSR count). The van der Waals surface area contributed by atoms with Crippen molar-refractivity contribution in [2.75, 3.05) is 20.2 Å². The molecule has 2 bridgehead atoms. The minimum atomic E-state index is -0.990. The fourth-order valence-electron chi connectivity index (χ4n) is 5.52. The first kappa shape index (κ1) is 22.0. The molecule has 3 amide bonds. The number of carbonyl (C=O) groups excluding carboxylic acids is 3. The zero-order valence-electron chi connectivity index (χ0n) is 17.9. The van der Waals surface area contributed by atoms with Crippen LogP contribution in [0.5, 0.6) is 0 Å². The van der Waals surface area contributed by atoms with Crippen LogP contribution in [0.1, 0.15) is 52.9 Å². The Morgan fingerprint density at radius 1 is 1.31 bits per heavy atom. The Morgan fingerprint density at radius 2 is 2.03 bits per heavy atom. The van der Waals surface area contributed by atoms with Gasteiger partial charge in [-0.1, -0.05) is 33.6 Å². The van der Waals surface area contributed by atoms with Crippen molar-refractivity contribution in [1.29, 1.82) is 0 Å². The normalized spacial score (nSPS) is 33.9. The Balaban J connectivity index is 1.96. The lowest BCUT2D eigenvalue weighted by Gasteiger charge is -2.38. The molecule has 0 radical (unpaired) electrons. The fraction of sp³-hybridized carbons (Fsp3) is 0.857. The molecule has 0 aromatic carbocycles. The molecule has 8 heteroatoms. The summed E-state index contributed by atoms with van der Waals surface area (Å²) < 4.78 is 6.29. The van der Waals surface area contributed by atoms with Gasteiger partial charge in [0.1, 0.15) is 11.6 Å². The van der Waals surface area contributed by atoms with E-state index in [2.05, 4.69) is 17.6 Å². The SMILES string of the molecule is CCCCCNC(=O)C1N([C@@H](CO)C(C)C)C(=O)[C@@H]2[C@H](C(=O)NC)[C@@H]3CCC12O3. The predicted molar refractivity (Wildman–Crippen MR) is 107 cm³/mol. The van der Waals surface area contributed by atoms with E-state index in [0.717, 1.165) is 19.3 Å². The summed E-state index contributed by atoms with van der Waals surface area (Å²) in [5, 5.41) is 15.7. The second-order valence-electron chi connectivity index (χ2n) is 8.91. The number of nitrogens with zero attached hydrogens (tertiary/aromatic N) is 1. The summed E-state index contributed by atoms with van der Waals surface area (Å²) >= 11 is 0. The number of aliphatic hydroxyl groups excluding tert-OH is 1. The van der Waals surface area contributed by atoms with Crippen LogP contribution in [-0.4, -0.2) is 71.7 Å². The van der Waals surface area contributed by atoms with Gasteiger partial charge in [0.05, 0.1) is 30.6 Å². The monoisotopic (exact) mass is 409 g/mol. The van der Waals surface area contributed by atoms with Gasteiger partial charge in [-0.15, -0.1) is 0 Å². The number of fused-ring (bicyclic) bond motifs is 1. The molecule has 0 aliphatic carbocycles. The van der Waals surface area contributed by atoms with E-state index in [9.17, 15) is 19.5 Å². The summed E-state index contributed by atoms with van der Waals surface area (Å²) in [5.74, 6) is -2.01. The van der Waals surface area contributed by atoms with E-state index in [1.807, 2.05) is 13.8 Å². The molecule has 3 heterocycles. The number of likely N-dealkylation sites (tertiary alicyclic amines) is 1. The Bertz CT molecular complexity index is 654. The van der Waals surface area contributed by atoms with Crippen LogP contribution < -0.4 is 10.6 Å². The summed E-state index contributed by atoms with van der Waals surface area (Å²) in [7, 11) is 1.56. The zero-order valence-corrected chi connectivity index (χ0v) is 17.9. The second kappa shape index (κ2) is 8.60. The minimum Gasteiger partial charge on any atom is -0.394 e. The van der Waals surface area contributed by atoms with Crippen LogP contribution in [0, 0.1) is 17.8 Å². The molecule has 2 unspecified atom stereocenters. The quantitative estimate of drug-likeness (QED) is 0.479. The van der Waals surface area contributed by atoms with Gasteiger partial charge in [-0.2, -0.15) is 0 Å². The van der Waals surface area contributed by atoms with Crippen LogP contribution in [0.2, 0.25) is 0 Å². The molecule has 164 valence electrons. The van der Waals surface area contributed by atoms with Crippen molar-refractivity contribution < 1.29 is 24.2 Å². The summed E-state index contributed by atoms with van der Waals surface area (Å²) in [6, 6.07) is -1.32. The number of hydrogen-bond donors (Lipinski definition) is 3. The largest absolute Gasteiger partial charge is 0.394 e. The van der Waals surface area contributed by atoms with Crippen molar-refractivity contribution in [3.63, 3.8) is 0 Å². The summed E-state index contributed by atoms with van der Waals surface area (Å²) in [5.41, 5.74) is -0.990. The standard InChI is InChI=1S/C21H35N3O5/c1-5-6-7-10-23-19(27)17-21-9-8-14(29-21)15(18(26)22-4)16(21)20(28)24(17)13(11-25)12(2)3/h12-17,25H,5-11H2,1-4H3,(H,22,26)(H,23,27)/t13-,14-,15+,16-,17?,21?/m0/s1. The zero-order chi connectivity index (χ0) is 21.3. The molecular weight excluding hydrogens is 374 g/mol. The third kappa shape index (κ3) is 3.44. The maximum atomic E-state index is 13.6. The third-order valence-corrected chi connectivity index (χ3v) is 6.93. The number of ether oxygens (including phenoxy) is 1. The Hall–Kier alpha value is -1.67. The Labute approximate surface area is 172 Å². The van der Waals surface area contributed by atoms with E-state index < -0.39 is 29.5 Å². The molecule has 0 saturated carbocycles. The molecule has 3 saturated heterocycles. The molecule has 3 fully saturated rings. The van der Waals surface area contributed by atoms with Gasteiger partial charge in [0, 0.05) is 13.6 Å². The van der Waals surface area contributed by atoms with E-state index in [4.69, 9.17) is 4.74 Å². The summed E-state index contributed by atoms with van der Waals surface area (Å²) in [6.07, 6.45) is 3.82. The molecule has 8 nitrogen and oxygen atoms in total. The van der Waals surface area contributed by atoms with Crippen LogP contribution >= 0.6 is 0 Å². The van der Waals surface area contributed by atoms with E-state index in [-0.39, 0.29) is 36.4 Å². The predicted octanol–water partition coefficient (Wildman–Crippen LogP) is 0.430. The highest BCUT2D eigenvalue weighted by Gasteiger charge is 2.75. The average Bonchev–Trinajstić information content (AvgIpc) is 3.33. The topological polar surface area (TPSA) is 108 Å². The molecule has 3 aliphatic rings. The molecule has 3 N–H and O–H groups in total. The van der Waals surface area contributed by atoms with Crippen LogP contribution in [0.4, 0.5) is 0 Å². The van der Waals surface area contributed by atoms with Gasteiger partial charge in [0.25, 0.3) is 0 Å².